The molecule has 0 N–H and O–H groups in total. The molecule has 94 valence electrons. The minimum atomic E-state index is -0.460. The summed E-state index contributed by atoms with van der Waals surface area (Å²) in [4.78, 5) is 0. The molecule has 17 heavy (non-hydrogen) atoms. The van der Waals surface area contributed by atoms with E-state index in [1.54, 1.807) is 0 Å². The summed E-state index contributed by atoms with van der Waals surface area (Å²) in [5.74, 6) is -0.460. The molecule has 1 aliphatic heterocycles. The van der Waals surface area contributed by atoms with Gasteiger partial charge in [0.2, 0.25) is 0 Å². The Kier molecular flexibility index (Phi) is 3.82. The molecule has 1 aromatic rings. The second kappa shape index (κ2) is 5.17. The first-order chi connectivity index (χ1) is 8.05. The Hall–Kier alpha value is -0.900. The summed E-state index contributed by atoms with van der Waals surface area (Å²) in [7, 11) is 0. The van der Waals surface area contributed by atoms with Crippen molar-refractivity contribution in [3.05, 3.63) is 35.4 Å². The smallest absolute Gasteiger partial charge is 0.163 e. The van der Waals surface area contributed by atoms with Crippen molar-refractivity contribution in [2.24, 2.45) is 0 Å². The first-order valence-electron chi connectivity index (χ1n) is 6.00. The van der Waals surface area contributed by atoms with Gasteiger partial charge in [0.1, 0.15) is 6.10 Å². The SMILES string of the molecule is Cc1ccc(COCC2COC(C)(C)O2)cc1. The number of benzene rings is 1. The Labute approximate surface area is 103 Å². The fraction of sp³-hybridized carbons (Fsp3) is 0.571. The first-order valence-corrected chi connectivity index (χ1v) is 6.00. The van der Waals surface area contributed by atoms with E-state index in [1.807, 2.05) is 13.8 Å². The number of rotatable bonds is 4. The molecule has 1 aromatic carbocycles. The van der Waals surface area contributed by atoms with E-state index in [0.29, 0.717) is 19.8 Å². The highest BCUT2D eigenvalue weighted by Gasteiger charge is 2.32. The van der Waals surface area contributed by atoms with Crippen molar-refractivity contribution in [1.29, 1.82) is 0 Å². The lowest BCUT2D eigenvalue weighted by molar-refractivity contribution is -0.145. The molecule has 0 saturated carbocycles. The van der Waals surface area contributed by atoms with Crippen LogP contribution < -0.4 is 0 Å². The molecule has 1 saturated heterocycles. The number of hydrogen-bond acceptors (Lipinski definition) is 3. The largest absolute Gasteiger partial charge is 0.374 e. The quantitative estimate of drug-likeness (QED) is 0.804. The highest BCUT2D eigenvalue weighted by molar-refractivity contribution is 5.20. The van der Waals surface area contributed by atoms with Crippen LogP contribution in [0.15, 0.2) is 24.3 Å². The number of ether oxygens (including phenoxy) is 3. The lowest BCUT2D eigenvalue weighted by atomic mass is 10.2. The molecule has 0 amide bonds. The lowest BCUT2D eigenvalue weighted by Crippen LogP contribution is -2.24. The summed E-state index contributed by atoms with van der Waals surface area (Å²) in [6.45, 7) is 7.75. The van der Waals surface area contributed by atoms with Crippen LogP contribution in [0.5, 0.6) is 0 Å². The van der Waals surface area contributed by atoms with Crippen molar-refractivity contribution < 1.29 is 14.2 Å². The van der Waals surface area contributed by atoms with E-state index in [9.17, 15) is 0 Å². The minimum absolute atomic E-state index is 0.0513. The Morgan fingerprint density at radius 1 is 1.29 bits per heavy atom. The van der Waals surface area contributed by atoms with Gasteiger partial charge in [-0.05, 0) is 26.3 Å². The van der Waals surface area contributed by atoms with Gasteiger partial charge in [0, 0.05) is 0 Å². The van der Waals surface area contributed by atoms with Crippen molar-refractivity contribution in [1.82, 2.24) is 0 Å². The molecule has 1 fully saturated rings. The zero-order chi connectivity index (χ0) is 12.3. The normalized spacial score (nSPS) is 22.9. The zero-order valence-corrected chi connectivity index (χ0v) is 10.7. The standard InChI is InChI=1S/C14H20O3/c1-11-4-6-12(7-5-11)8-15-9-13-10-16-14(2,3)17-13/h4-7,13H,8-10H2,1-3H3. The Bertz CT molecular complexity index is 356. The maximum atomic E-state index is 5.66. The summed E-state index contributed by atoms with van der Waals surface area (Å²) in [6, 6.07) is 8.37. The van der Waals surface area contributed by atoms with Crippen molar-refractivity contribution in [2.75, 3.05) is 13.2 Å². The van der Waals surface area contributed by atoms with Gasteiger partial charge < -0.3 is 14.2 Å². The van der Waals surface area contributed by atoms with Crippen LogP contribution in [0.3, 0.4) is 0 Å². The van der Waals surface area contributed by atoms with Gasteiger partial charge in [0.25, 0.3) is 0 Å². The van der Waals surface area contributed by atoms with Gasteiger partial charge in [0.05, 0.1) is 19.8 Å². The molecule has 1 unspecified atom stereocenters. The molecule has 3 heteroatoms. The first kappa shape index (κ1) is 12.6. The molecule has 2 rings (SSSR count). The van der Waals surface area contributed by atoms with E-state index < -0.39 is 5.79 Å². The summed E-state index contributed by atoms with van der Waals surface area (Å²) in [5, 5.41) is 0. The number of aryl methyl sites for hydroxylation is 1. The van der Waals surface area contributed by atoms with E-state index in [-0.39, 0.29) is 6.10 Å². The van der Waals surface area contributed by atoms with Gasteiger partial charge in [-0.3, -0.25) is 0 Å². The van der Waals surface area contributed by atoms with Crippen molar-refractivity contribution >= 4 is 0 Å². The van der Waals surface area contributed by atoms with Crippen LogP contribution in [-0.4, -0.2) is 25.1 Å². The van der Waals surface area contributed by atoms with E-state index >= 15 is 0 Å². The van der Waals surface area contributed by atoms with Gasteiger partial charge >= 0.3 is 0 Å². The van der Waals surface area contributed by atoms with Gasteiger partial charge in [-0.25, -0.2) is 0 Å². The Morgan fingerprint density at radius 3 is 2.59 bits per heavy atom. The van der Waals surface area contributed by atoms with Crippen molar-refractivity contribution in [3.8, 4) is 0 Å². The molecule has 0 aliphatic carbocycles. The summed E-state index contributed by atoms with van der Waals surface area (Å²) >= 11 is 0. The molecule has 0 aromatic heterocycles. The highest BCUT2D eigenvalue weighted by Crippen LogP contribution is 2.22. The van der Waals surface area contributed by atoms with Crippen LogP contribution in [0, 0.1) is 6.92 Å². The fourth-order valence-corrected chi connectivity index (χ4v) is 1.84. The summed E-state index contributed by atoms with van der Waals surface area (Å²) in [5.41, 5.74) is 2.46. The van der Waals surface area contributed by atoms with Crippen molar-refractivity contribution in [2.45, 2.75) is 39.3 Å². The van der Waals surface area contributed by atoms with Gasteiger partial charge in [0.15, 0.2) is 5.79 Å². The average Bonchev–Trinajstić information content (AvgIpc) is 2.61. The summed E-state index contributed by atoms with van der Waals surface area (Å²) < 4.78 is 16.8. The molecular formula is C14H20O3. The Morgan fingerprint density at radius 2 is 2.00 bits per heavy atom. The van der Waals surface area contributed by atoms with Gasteiger partial charge in [-0.2, -0.15) is 0 Å². The zero-order valence-electron chi connectivity index (χ0n) is 10.7. The minimum Gasteiger partial charge on any atom is -0.374 e. The molecule has 1 atom stereocenters. The monoisotopic (exact) mass is 236 g/mol. The third kappa shape index (κ3) is 3.80. The average molecular weight is 236 g/mol. The van der Waals surface area contributed by atoms with Crippen LogP contribution in [0.2, 0.25) is 0 Å². The second-order valence-corrected chi connectivity index (χ2v) is 4.95. The maximum Gasteiger partial charge on any atom is 0.163 e. The topological polar surface area (TPSA) is 27.7 Å². The third-order valence-electron chi connectivity index (χ3n) is 2.76. The molecule has 3 nitrogen and oxygen atoms in total. The van der Waals surface area contributed by atoms with Crippen LogP contribution in [-0.2, 0) is 20.8 Å². The number of hydrogen-bond donors (Lipinski definition) is 0. The molecule has 0 spiro atoms. The third-order valence-corrected chi connectivity index (χ3v) is 2.76. The van der Waals surface area contributed by atoms with Crippen LogP contribution in [0.1, 0.15) is 25.0 Å². The fourth-order valence-electron chi connectivity index (χ4n) is 1.84. The van der Waals surface area contributed by atoms with E-state index in [4.69, 9.17) is 14.2 Å². The lowest BCUT2D eigenvalue weighted by Gasteiger charge is -2.17. The van der Waals surface area contributed by atoms with Gasteiger partial charge in [-0.1, -0.05) is 29.8 Å². The van der Waals surface area contributed by atoms with Gasteiger partial charge in [-0.15, -0.1) is 0 Å². The molecule has 0 bridgehead atoms. The molecular weight excluding hydrogens is 216 g/mol. The predicted octanol–water partition coefficient (Wildman–Crippen LogP) is 2.66. The molecule has 0 radical (unpaired) electrons. The predicted molar refractivity (Wildman–Crippen MR) is 65.7 cm³/mol. The second-order valence-electron chi connectivity index (χ2n) is 4.95. The molecule has 1 heterocycles. The van der Waals surface area contributed by atoms with E-state index in [1.165, 1.54) is 11.1 Å². The van der Waals surface area contributed by atoms with Crippen LogP contribution in [0.4, 0.5) is 0 Å². The Balaban J connectivity index is 1.71. The van der Waals surface area contributed by atoms with E-state index in [0.717, 1.165) is 0 Å². The van der Waals surface area contributed by atoms with Crippen LogP contribution in [0.25, 0.3) is 0 Å². The maximum absolute atomic E-state index is 5.66. The summed E-state index contributed by atoms with van der Waals surface area (Å²) in [6.07, 6.45) is 0.0513. The van der Waals surface area contributed by atoms with Crippen LogP contribution >= 0.6 is 0 Å². The highest BCUT2D eigenvalue weighted by atomic mass is 16.7. The molecule has 1 aliphatic rings. The van der Waals surface area contributed by atoms with E-state index in [2.05, 4.69) is 31.2 Å². The van der Waals surface area contributed by atoms with Crippen molar-refractivity contribution in [3.63, 3.8) is 0 Å².